The first-order chi connectivity index (χ1) is 7.90. The van der Waals surface area contributed by atoms with Gasteiger partial charge >= 0.3 is 0 Å². The Hall–Kier alpha value is -1.96. The minimum Gasteiger partial charge on any atom is -0.493 e. The molecule has 1 heterocycles. The molecular formula is C14H13NO. The zero-order valence-corrected chi connectivity index (χ0v) is 9.16. The summed E-state index contributed by atoms with van der Waals surface area (Å²) >= 11 is 0. The van der Waals surface area contributed by atoms with Crippen LogP contribution in [-0.4, -0.2) is 11.6 Å². The van der Waals surface area contributed by atoms with Crippen LogP contribution in [0.5, 0.6) is 5.75 Å². The Morgan fingerprint density at radius 2 is 1.81 bits per heavy atom. The van der Waals surface area contributed by atoms with E-state index in [2.05, 4.69) is 29.2 Å². The third-order valence-corrected chi connectivity index (χ3v) is 2.79. The van der Waals surface area contributed by atoms with E-state index < -0.39 is 0 Å². The molecule has 0 bridgehead atoms. The minimum absolute atomic E-state index is 0.693. The highest BCUT2D eigenvalue weighted by Gasteiger charge is 2.08. The summed E-state index contributed by atoms with van der Waals surface area (Å²) in [6, 6.07) is 14.4. The van der Waals surface area contributed by atoms with Gasteiger partial charge < -0.3 is 9.72 Å². The SMILES string of the molecule is CCOc1cccc2[nH]c3ccccc3c12. The highest BCUT2D eigenvalue weighted by molar-refractivity contribution is 6.10. The Labute approximate surface area is 93.8 Å². The van der Waals surface area contributed by atoms with Crippen LogP contribution in [0.4, 0.5) is 0 Å². The molecule has 0 aliphatic heterocycles. The summed E-state index contributed by atoms with van der Waals surface area (Å²) in [4.78, 5) is 3.40. The first kappa shape index (κ1) is 9.28. The van der Waals surface area contributed by atoms with Gasteiger partial charge in [0.25, 0.3) is 0 Å². The van der Waals surface area contributed by atoms with E-state index in [4.69, 9.17) is 4.74 Å². The van der Waals surface area contributed by atoms with E-state index in [1.807, 2.05) is 25.1 Å². The third kappa shape index (κ3) is 1.27. The number of aromatic nitrogens is 1. The largest absolute Gasteiger partial charge is 0.493 e. The first-order valence-corrected chi connectivity index (χ1v) is 5.52. The molecule has 80 valence electrons. The molecule has 0 aliphatic carbocycles. The molecule has 1 aromatic heterocycles. The molecule has 0 aliphatic rings. The molecule has 16 heavy (non-hydrogen) atoms. The highest BCUT2D eigenvalue weighted by Crippen LogP contribution is 2.32. The standard InChI is InChI=1S/C14H13NO/c1-2-16-13-9-5-8-12-14(13)10-6-3-4-7-11(10)15-12/h3-9,15H,2H2,1H3. The van der Waals surface area contributed by atoms with Gasteiger partial charge in [-0.15, -0.1) is 0 Å². The van der Waals surface area contributed by atoms with Gasteiger partial charge in [-0.25, -0.2) is 0 Å². The second-order valence-electron chi connectivity index (χ2n) is 3.78. The molecule has 3 aromatic rings. The van der Waals surface area contributed by atoms with Crippen LogP contribution in [0.3, 0.4) is 0 Å². The van der Waals surface area contributed by atoms with Crippen molar-refractivity contribution in [2.75, 3.05) is 6.61 Å². The van der Waals surface area contributed by atoms with Gasteiger partial charge in [-0.2, -0.15) is 0 Å². The van der Waals surface area contributed by atoms with Gasteiger partial charge in [-0.3, -0.25) is 0 Å². The van der Waals surface area contributed by atoms with Crippen molar-refractivity contribution in [1.82, 2.24) is 4.98 Å². The summed E-state index contributed by atoms with van der Waals surface area (Å²) < 4.78 is 5.67. The van der Waals surface area contributed by atoms with Crippen LogP contribution in [0.2, 0.25) is 0 Å². The Morgan fingerprint density at radius 1 is 1.00 bits per heavy atom. The van der Waals surface area contributed by atoms with Crippen LogP contribution in [0.1, 0.15) is 6.92 Å². The fourth-order valence-electron chi connectivity index (χ4n) is 2.14. The molecule has 0 amide bonds. The summed E-state index contributed by atoms with van der Waals surface area (Å²) in [5, 5.41) is 2.40. The third-order valence-electron chi connectivity index (χ3n) is 2.79. The van der Waals surface area contributed by atoms with Crippen LogP contribution >= 0.6 is 0 Å². The van der Waals surface area contributed by atoms with Crippen LogP contribution in [0.15, 0.2) is 42.5 Å². The Morgan fingerprint density at radius 3 is 2.69 bits per heavy atom. The topological polar surface area (TPSA) is 25.0 Å². The summed E-state index contributed by atoms with van der Waals surface area (Å²) in [6.07, 6.45) is 0. The number of ether oxygens (including phenoxy) is 1. The Balaban J connectivity index is 2.43. The zero-order chi connectivity index (χ0) is 11.0. The minimum atomic E-state index is 0.693. The summed E-state index contributed by atoms with van der Waals surface area (Å²) in [5.41, 5.74) is 2.29. The average Bonchev–Trinajstić information content (AvgIpc) is 2.68. The predicted octanol–water partition coefficient (Wildman–Crippen LogP) is 3.72. The lowest BCUT2D eigenvalue weighted by atomic mass is 10.1. The van der Waals surface area contributed by atoms with Crippen molar-refractivity contribution in [1.29, 1.82) is 0 Å². The molecule has 2 aromatic carbocycles. The van der Waals surface area contributed by atoms with Gasteiger partial charge in [0.15, 0.2) is 0 Å². The number of H-pyrrole nitrogens is 1. The molecule has 0 spiro atoms. The van der Waals surface area contributed by atoms with Gasteiger partial charge in [-0.1, -0.05) is 24.3 Å². The van der Waals surface area contributed by atoms with Gasteiger partial charge in [0.1, 0.15) is 5.75 Å². The first-order valence-electron chi connectivity index (χ1n) is 5.52. The molecule has 1 N–H and O–H groups in total. The van der Waals surface area contributed by atoms with E-state index in [0.29, 0.717) is 6.61 Å². The normalized spacial score (nSPS) is 11.1. The van der Waals surface area contributed by atoms with E-state index in [0.717, 1.165) is 16.8 Å². The molecule has 0 saturated carbocycles. The van der Waals surface area contributed by atoms with E-state index in [-0.39, 0.29) is 0 Å². The maximum Gasteiger partial charge on any atom is 0.129 e. The number of benzene rings is 2. The van der Waals surface area contributed by atoms with Crippen molar-refractivity contribution in [3.63, 3.8) is 0 Å². The van der Waals surface area contributed by atoms with Gasteiger partial charge in [-0.05, 0) is 25.1 Å². The molecule has 3 rings (SSSR count). The van der Waals surface area contributed by atoms with Crippen molar-refractivity contribution in [2.24, 2.45) is 0 Å². The van der Waals surface area contributed by atoms with Crippen molar-refractivity contribution < 1.29 is 4.74 Å². The fraction of sp³-hybridized carbons (Fsp3) is 0.143. The van der Waals surface area contributed by atoms with Crippen LogP contribution in [-0.2, 0) is 0 Å². The number of fused-ring (bicyclic) bond motifs is 3. The number of hydrogen-bond donors (Lipinski definition) is 1. The smallest absolute Gasteiger partial charge is 0.129 e. The molecule has 0 fully saturated rings. The van der Waals surface area contributed by atoms with Crippen LogP contribution < -0.4 is 4.74 Å². The van der Waals surface area contributed by atoms with E-state index in [1.54, 1.807) is 0 Å². The van der Waals surface area contributed by atoms with Crippen molar-refractivity contribution in [3.05, 3.63) is 42.5 Å². The average molecular weight is 211 g/mol. The zero-order valence-electron chi connectivity index (χ0n) is 9.16. The van der Waals surface area contributed by atoms with Gasteiger partial charge in [0, 0.05) is 16.3 Å². The Kier molecular flexibility index (Phi) is 2.07. The molecule has 0 atom stereocenters. The molecular weight excluding hydrogens is 198 g/mol. The van der Waals surface area contributed by atoms with E-state index in [1.165, 1.54) is 10.8 Å². The number of hydrogen-bond acceptors (Lipinski definition) is 1. The van der Waals surface area contributed by atoms with Crippen LogP contribution in [0, 0.1) is 0 Å². The van der Waals surface area contributed by atoms with Crippen LogP contribution in [0.25, 0.3) is 21.8 Å². The molecule has 2 heteroatoms. The molecule has 0 radical (unpaired) electrons. The lowest BCUT2D eigenvalue weighted by Crippen LogP contribution is -1.91. The fourth-order valence-corrected chi connectivity index (χ4v) is 2.14. The predicted molar refractivity (Wildman–Crippen MR) is 67.0 cm³/mol. The highest BCUT2D eigenvalue weighted by atomic mass is 16.5. The van der Waals surface area contributed by atoms with Crippen molar-refractivity contribution >= 4 is 21.8 Å². The Bertz CT molecular complexity index is 639. The van der Waals surface area contributed by atoms with E-state index >= 15 is 0 Å². The summed E-state index contributed by atoms with van der Waals surface area (Å²) in [5.74, 6) is 0.956. The molecule has 2 nitrogen and oxygen atoms in total. The molecule has 0 unspecified atom stereocenters. The monoisotopic (exact) mass is 211 g/mol. The number of aromatic amines is 1. The summed E-state index contributed by atoms with van der Waals surface area (Å²) in [6.45, 7) is 2.70. The van der Waals surface area contributed by atoms with Crippen molar-refractivity contribution in [3.8, 4) is 5.75 Å². The van der Waals surface area contributed by atoms with Gasteiger partial charge in [0.2, 0.25) is 0 Å². The lowest BCUT2D eigenvalue weighted by Gasteiger charge is -2.04. The maximum absolute atomic E-state index is 5.67. The second kappa shape index (κ2) is 3.56. The lowest BCUT2D eigenvalue weighted by molar-refractivity contribution is 0.344. The van der Waals surface area contributed by atoms with Crippen molar-refractivity contribution in [2.45, 2.75) is 6.92 Å². The van der Waals surface area contributed by atoms with Gasteiger partial charge in [0.05, 0.1) is 12.1 Å². The van der Waals surface area contributed by atoms with E-state index in [9.17, 15) is 0 Å². The quantitative estimate of drug-likeness (QED) is 0.686. The number of nitrogens with one attached hydrogen (secondary N) is 1. The number of rotatable bonds is 2. The molecule has 0 saturated heterocycles. The second-order valence-corrected chi connectivity index (χ2v) is 3.78. The number of para-hydroxylation sites is 1. The summed E-state index contributed by atoms with van der Waals surface area (Å²) in [7, 11) is 0. The maximum atomic E-state index is 5.67.